The van der Waals surface area contributed by atoms with Crippen molar-refractivity contribution < 1.29 is 13.5 Å². The molecule has 0 heterocycles. The third-order valence-corrected chi connectivity index (χ3v) is 3.06. The molecule has 2 N–H and O–H groups in total. The Labute approximate surface area is 104 Å². The molecule has 2 aromatic carbocycles. The molecule has 2 rings (SSSR count). The number of hydrogen-bond donors (Lipinski definition) is 1. The normalized spacial score (nSPS) is 12.9. The lowest BCUT2D eigenvalue weighted by molar-refractivity contribution is 0.117. The van der Waals surface area contributed by atoms with Gasteiger partial charge < -0.3 is 10.5 Å². The van der Waals surface area contributed by atoms with E-state index in [1.165, 1.54) is 0 Å². The average molecular weight is 251 g/mol. The molecule has 0 aliphatic carbocycles. The van der Waals surface area contributed by atoms with Gasteiger partial charge in [0.25, 0.3) is 0 Å². The molecule has 0 amide bonds. The van der Waals surface area contributed by atoms with Gasteiger partial charge in [-0.2, -0.15) is 0 Å². The van der Waals surface area contributed by atoms with Crippen LogP contribution in [0.1, 0.15) is 11.5 Å². The predicted octanol–water partition coefficient (Wildman–Crippen LogP) is 3.16. The molecule has 1 atom stereocenters. The van der Waals surface area contributed by atoms with Crippen molar-refractivity contribution in [3.05, 3.63) is 42.0 Å². The van der Waals surface area contributed by atoms with Crippen LogP contribution in [0.25, 0.3) is 10.8 Å². The van der Waals surface area contributed by atoms with Gasteiger partial charge >= 0.3 is 0 Å². The van der Waals surface area contributed by atoms with E-state index in [0.717, 1.165) is 16.5 Å². The maximum atomic E-state index is 12.8. The molecule has 0 saturated carbocycles. The van der Waals surface area contributed by atoms with Gasteiger partial charge in [0.2, 0.25) is 6.43 Å². The van der Waals surface area contributed by atoms with E-state index in [4.69, 9.17) is 10.5 Å². The third kappa shape index (κ3) is 2.43. The van der Waals surface area contributed by atoms with Crippen molar-refractivity contribution in [3.63, 3.8) is 0 Å². The van der Waals surface area contributed by atoms with Crippen molar-refractivity contribution in [1.29, 1.82) is 0 Å². The smallest absolute Gasteiger partial charge is 0.246 e. The van der Waals surface area contributed by atoms with Gasteiger partial charge in [0.05, 0.1) is 13.0 Å². The summed E-state index contributed by atoms with van der Waals surface area (Å²) in [5.74, 6) is -0.156. The van der Waals surface area contributed by atoms with Crippen molar-refractivity contribution in [2.45, 2.75) is 12.3 Å². The van der Waals surface area contributed by atoms with Gasteiger partial charge in [-0.25, -0.2) is 8.78 Å². The Kier molecular flexibility index (Phi) is 3.77. The lowest BCUT2D eigenvalue weighted by atomic mass is 9.96. The first-order valence-electron chi connectivity index (χ1n) is 5.71. The van der Waals surface area contributed by atoms with E-state index in [-0.39, 0.29) is 6.54 Å². The van der Waals surface area contributed by atoms with Crippen molar-refractivity contribution in [2.75, 3.05) is 13.7 Å². The Balaban J connectivity index is 2.44. The first-order valence-corrected chi connectivity index (χ1v) is 5.71. The standard InChI is InChI=1S/C14H15F2NO/c1-18-12-5-4-9-6-11(3-2-10(9)7-12)13(8-17)14(15)16/h2-7,13-14H,8,17H2,1H3. The number of hydrogen-bond acceptors (Lipinski definition) is 2. The maximum absolute atomic E-state index is 12.8. The van der Waals surface area contributed by atoms with E-state index < -0.39 is 12.3 Å². The Morgan fingerprint density at radius 3 is 2.39 bits per heavy atom. The summed E-state index contributed by atoms with van der Waals surface area (Å²) in [5.41, 5.74) is 5.97. The highest BCUT2D eigenvalue weighted by molar-refractivity contribution is 5.84. The Morgan fingerprint density at radius 2 is 1.78 bits per heavy atom. The highest BCUT2D eigenvalue weighted by Crippen LogP contribution is 2.27. The molecule has 0 aliphatic rings. The first kappa shape index (κ1) is 12.8. The monoisotopic (exact) mass is 251 g/mol. The molecule has 0 saturated heterocycles. The number of methoxy groups -OCH3 is 1. The molecule has 0 radical (unpaired) electrons. The summed E-state index contributed by atoms with van der Waals surface area (Å²) in [7, 11) is 1.59. The summed E-state index contributed by atoms with van der Waals surface area (Å²) in [5, 5.41) is 1.87. The van der Waals surface area contributed by atoms with Gasteiger partial charge in [-0.15, -0.1) is 0 Å². The number of benzene rings is 2. The van der Waals surface area contributed by atoms with Crippen LogP contribution in [0.4, 0.5) is 8.78 Å². The largest absolute Gasteiger partial charge is 0.497 e. The minimum atomic E-state index is -2.44. The van der Waals surface area contributed by atoms with Gasteiger partial charge in [-0.3, -0.25) is 0 Å². The molecule has 2 aromatic rings. The van der Waals surface area contributed by atoms with Gasteiger partial charge in [0.15, 0.2) is 0 Å². The van der Waals surface area contributed by atoms with E-state index in [9.17, 15) is 8.78 Å². The van der Waals surface area contributed by atoms with Crippen LogP contribution >= 0.6 is 0 Å². The third-order valence-electron chi connectivity index (χ3n) is 3.06. The summed E-state index contributed by atoms with van der Waals surface area (Å²) < 4.78 is 30.7. The Hall–Kier alpha value is -1.68. The minimum absolute atomic E-state index is 0.0562. The highest BCUT2D eigenvalue weighted by Gasteiger charge is 2.20. The van der Waals surface area contributed by atoms with Crippen molar-refractivity contribution in [1.82, 2.24) is 0 Å². The molecular formula is C14H15F2NO. The maximum Gasteiger partial charge on any atom is 0.246 e. The molecular weight excluding hydrogens is 236 g/mol. The minimum Gasteiger partial charge on any atom is -0.497 e. The van der Waals surface area contributed by atoms with Gasteiger partial charge in [0.1, 0.15) is 5.75 Å². The summed E-state index contributed by atoms with van der Waals surface area (Å²) in [4.78, 5) is 0. The molecule has 0 aromatic heterocycles. The average Bonchev–Trinajstić information content (AvgIpc) is 2.38. The molecule has 0 fully saturated rings. The van der Waals surface area contributed by atoms with Crippen LogP contribution < -0.4 is 10.5 Å². The number of alkyl halides is 2. The van der Waals surface area contributed by atoms with Crippen LogP contribution in [0.2, 0.25) is 0 Å². The SMILES string of the molecule is COc1ccc2cc(C(CN)C(F)F)ccc2c1. The van der Waals surface area contributed by atoms with Crippen molar-refractivity contribution in [2.24, 2.45) is 5.73 Å². The summed E-state index contributed by atoms with van der Waals surface area (Å²) in [6, 6.07) is 10.8. The van der Waals surface area contributed by atoms with Crippen LogP contribution in [0.3, 0.4) is 0 Å². The Morgan fingerprint density at radius 1 is 1.11 bits per heavy atom. The number of rotatable bonds is 4. The molecule has 2 nitrogen and oxygen atoms in total. The molecule has 18 heavy (non-hydrogen) atoms. The van der Waals surface area contributed by atoms with Crippen LogP contribution in [0.15, 0.2) is 36.4 Å². The fourth-order valence-electron chi connectivity index (χ4n) is 1.98. The lowest BCUT2D eigenvalue weighted by Gasteiger charge is -2.14. The molecule has 4 heteroatoms. The fourth-order valence-corrected chi connectivity index (χ4v) is 1.98. The Bertz CT molecular complexity index is 542. The quantitative estimate of drug-likeness (QED) is 0.906. The predicted molar refractivity (Wildman–Crippen MR) is 68.3 cm³/mol. The second-order valence-corrected chi connectivity index (χ2v) is 4.15. The van der Waals surface area contributed by atoms with Crippen LogP contribution in [0, 0.1) is 0 Å². The summed E-state index contributed by atoms with van der Waals surface area (Å²) in [6.45, 7) is -0.0562. The number of fused-ring (bicyclic) bond motifs is 1. The number of ether oxygens (including phenoxy) is 1. The molecule has 0 spiro atoms. The molecule has 0 bridgehead atoms. The summed E-state index contributed by atoms with van der Waals surface area (Å²) in [6.07, 6.45) is -2.44. The van der Waals surface area contributed by atoms with Gasteiger partial charge in [-0.05, 0) is 28.5 Å². The number of halogens is 2. The molecule has 96 valence electrons. The van der Waals surface area contributed by atoms with Crippen LogP contribution in [0.5, 0.6) is 5.75 Å². The van der Waals surface area contributed by atoms with E-state index in [1.807, 2.05) is 24.3 Å². The summed E-state index contributed by atoms with van der Waals surface area (Å²) >= 11 is 0. The van der Waals surface area contributed by atoms with E-state index in [0.29, 0.717) is 5.56 Å². The van der Waals surface area contributed by atoms with E-state index in [2.05, 4.69) is 0 Å². The molecule has 0 aliphatic heterocycles. The second-order valence-electron chi connectivity index (χ2n) is 4.15. The zero-order chi connectivity index (χ0) is 13.1. The van der Waals surface area contributed by atoms with Gasteiger partial charge in [-0.1, -0.05) is 24.3 Å². The molecule has 1 unspecified atom stereocenters. The zero-order valence-corrected chi connectivity index (χ0v) is 10.1. The lowest BCUT2D eigenvalue weighted by Crippen LogP contribution is -2.19. The topological polar surface area (TPSA) is 35.2 Å². The van der Waals surface area contributed by atoms with E-state index >= 15 is 0 Å². The van der Waals surface area contributed by atoms with E-state index in [1.54, 1.807) is 19.2 Å². The second kappa shape index (κ2) is 5.31. The fraction of sp³-hybridized carbons (Fsp3) is 0.286. The van der Waals surface area contributed by atoms with Gasteiger partial charge in [0, 0.05) is 6.54 Å². The van der Waals surface area contributed by atoms with Crippen LogP contribution in [-0.4, -0.2) is 20.1 Å². The number of nitrogens with two attached hydrogens (primary N) is 1. The van der Waals surface area contributed by atoms with Crippen molar-refractivity contribution in [3.8, 4) is 5.75 Å². The highest BCUT2D eigenvalue weighted by atomic mass is 19.3. The zero-order valence-electron chi connectivity index (χ0n) is 10.1. The van der Waals surface area contributed by atoms with Crippen molar-refractivity contribution >= 4 is 10.8 Å². The first-order chi connectivity index (χ1) is 8.65. The van der Waals surface area contributed by atoms with Crippen LogP contribution in [-0.2, 0) is 0 Å².